The van der Waals surface area contributed by atoms with Crippen LogP contribution in [0.15, 0.2) is 42.5 Å². The minimum atomic E-state index is -4.95. The molecule has 0 bridgehead atoms. The van der Waals surface area contributed by atoms with E-state index in [2.05, 4.69) is 13.8 Å². The monoisotopic (exact) mass is 668 g/mol. The van der Waals surface area contributed by atoms with E-state index in [-0.39, 0.29) is 17.7 Å². The first-order valence-corrected chi connectivity index (χ1v) is 15.9. The number of hydrogen-bond donors (Lipinski definition) is 0. The normalized spacial score (nSPS) is 24.6. The Bertz CT molecular complexity index is 1440. The highest BCUT2D eigenvalue weighted by Crippen LogP contribution is 2.48. The number of ether oxygens (including phenoxy) is 3. The lowest BCUT2D eigenvalue weighted by Gasteiger charge is -2.34. The zero-order valence-corrected chi connectivity index (χ0v) is 28.2. The van der Waals surface area contributed by atoms with Gasteiger partial charge in [0.15, 0.2) is 0 Å². The molecule has 0 N–H and O–H groups in total. The first-order valence-electron chi connectivity index (χ1n) is 15.9. The van der Waals surface area contributed by atoms with Crippen LogP contribution in [0.25, 0.3) is 0 Å². The van der Waals surface area contributed by atoms with Gasteiger partial charge in [-0.1, -0.05) is 26.0 Å². The van der Waals surface area contributed by atoms with Crippen molar-refractivity contribution in [3.05, 3.63) is 65.2 Å². The van der Waals surface area contributed by atoms with Crippen molar-refractivity contribution in [2.24, 2.45) is 5.92 Å². The van der Waals surface area contributed by atoms with Crippen LogP contribution < -0.4 is 4.74 Å². The fraction of sp³-hybridized carbons (Fsp3) is 0.600. The summed E-state index contributed by atoms with van der Waals surface area (Å²) >= 11 is 0. The number of amides is 2. The lowest BCUT2D eigenvalue weighted by Crippen LogP contribution is -2.53. The molecule has 0 radical (unpaired) electrons. The molecule has 0 spiro atoms. The van der Waals surface area contributed by atoms with Crippen molar-refractivity contribution >= 4 is 12.0 Å². The Hall–Kier alpha value is -3.41. The van der Waals surface area contributed by atoms with Crippen molar-refractivity contribution in [2.45, 2.75) is 122 Å². The molecule has 4 rings (SSSR count). The van der Waals surface area contributed by atoms with E-state index >= 15 is 13.2 Å². The molecule has 2 aliphatic heterocycles. The predicted molar refractivity (Wildman–Crippen MR) is 166 cm³/mol. The summed E-state index contributed by atoms with van der Waals surface area (Å²) < 4.78 is 92.1. The summed E-state index contributed by atoms with van der Waals surface area (Å²) in [7, 11) is 0. The molecule has 7 nitrogen and oxygen atoms in total. The van der Waals surface area contributed by atoms with Crippen LogP contribution in [0.5, 0.6) is 5.75 Å². The largest absolute Gasteiger partial charge is 0.476 e. The molecule has 2 saturated heterocycles. The van der Waals surface area contributed by atoms with E-state index in [4.69, 9.17) is 14.2 Å². The minimum Gasteiger partial charge on any atom is -0.476 e. The number of benzene rings is 2. The summed E-state index contributed by atoms with van der Waals surface area (Å²) in [4.78, 5) is 29.0. The van der Waals surface area contributed by atoms with Crippen molar-refractivity contribution in [3.63, 3.8) is 0 Å². The third kappa shape index (κ3) is 8.36. The molecule has 47 heavy (non-hydrogen) atoms. The second-order valence-corrected chi connectivity index (χ2v) is 14.5. The van der Waals surface area contributed by atoms with Crippen LogP contribution in [0, 0.1) is 17.6 Å². The Morgan fingerprint density at radius 1 is 1.02 bits per heavy atom. The second kappa shape index (κ2) is 13.2. The maximum atomic E-state index is 15.3. The highest BCUT2D eigenvalue weighted by Gasteiger charge is 2.67. The smallest absolute Gasteiger partial charge is 0.430 e. The zero-order valence-electron chi connectivity index (χ0n) is 28.2. The Labute approximate surface area is 273 Å². The van der Waals surface area contributed by atoms with Crippen LogP contribution in [0.4, 0.5) is 26.7 Å². The van der Waals surface area contributed by atoms with Crippen molar-refractivity contribution in [1.29, 1.82) is 0 Å². The van der Waals surface area contributed by atoms with Gasteiger partial charge in [-0.15, -0.1) is 0 Å². The van der Waals surface area contributed by atoms with Gasteiger partial charge in [0.05, 0.1) is 18.6 Å². The highest BCUT2D eigenvalue weighted by molar-refractivity contribution is 5.75. The second-order valence-electron chi connectivity index (χ2n) is 14.5. The van der Waals surface area contributed by atoms with E-state index in [1.54, 1.807) is 46.8 Å². The molecule has 2 heterocycles. The Balaban J connectivity index is 1.80. The standard InChI is InChI=1S/C35H45F5N2O5/c1-21(2)12-13-23-10-9-11-27(16-23)45-34(35(38,39)40)19-29(41(20-34)31(44)47-32(4,5)6)30-28(42(22(3)43)33(7,8)46-30)17-24-14-25(36)18-26(37)15-24/h9-11,14-16,18,21,28-30H,12-13,17,19-20H2,1-8H3/t28-,29+,30-,34+/m0/s1. The van der Waals surface area contributed by atoms with E-state index in [1.807, 2.05) is 6.07 Å². The van der Waals surface area contributed by atoms with Gasteiger partial charge in [0, 0.05) is 19.4 Å². The summed E-state index contributed by atoms with van der Waals surface area (Å²) in [5.74, 6) is -1.77. The molecule has 2 amide bonds. The molecule has 4 atom stereocenters. The average Bonchev–Trinajstić information content (AvgIpc) is 3.41. The van der Waals surface area contributed by atoms with Gasteiger partial charge in [-0.2, -0.15) is 13.2 Å². The lowest BCUT2D eigenvalue weighted by atomic mass is 9.90. The predicted octanol–water partition coefficient (Wildman–Crippen LogP) is 7.84. The summed E-state index contributed by atoms with van der Waals surface area (Å²) in [6, 6.07) is 7.08. The number of carbonyl (C=O) groups excluding carboxylic acids is 2. The van der Waals surface area contributed by atoms with E-state index < -0.39 is 77.9 Å². The Kier molecular flexibility index (Phi) is 10.3. The van der Waals surface area contributed by atoms with Gasteiger partial charge >= 0.3 is 12.3 Å². The number of aryl methyl sites for hydroxylation is 1. The fourth-order valence-electron chi connectivity index (χ4n) is 6.64. The Morgan fingerprint density at radius 2 is 1.66 bits per heavy atom. The van der Waals surface area contributed by atoms with Crippen molar-refractivity contribution < 1.29 is 45.8 Å². The third-order valence-electron chi connectivity index (χ3n) is 8.53. The van der Waals surface area contributed by atoms with Crippen molar-refractivity contribution in [2.75, 3.05) is 6.54 Å². The van der Waals surface area contributed by atoms with Crippen LogP contribution in [0.2, 0.25) is 0 Å². The number of likely N-dealkylation sites (tertiary alicyclic amines) is 1. The molecule has 0 saturated carbocycles. The Morgan fingerprint density at radius 3 is 2.21 bits per heavy atom. The van der Waals surface area contributed by atoms with Gasteiger partial charge < -0.3 is 19.1 Å². The molecule has 2 aromatic carbocycles. The number of rotatable bonds is 8. The van der Waals surface area contributed by atoms with Gasteiger partial charge in [0.2, 0.25) is 11.5 Å². The van der Waals surface area contributed by atoms with E-state index in [1.165, 1.54) is 17.9 Å². The first-order chi connectivity index (χ1) is 21.6. The summed E-state index contributed by atoms with van der Waals surface area (Å²) in [5, 5.41) is 0. The molecule has 0 aliphatic carbocycles. The van der Waals surface area contributed by atoms with Crippen LogP contribution in [-0.4, -0.2) is 69.6 Å². The van der Waals surface area contributed by atoms with Gasteiger partial charge in [0.1, 0.15) is 34.8 Å². The van der Waals surface area contributed by atoms with E-state index in [9.17, 15) is 18.4 Å². The number of nitrogens with zero attached hydrogens (tertiary/aromatic N) is 2. The van der Waals surface area contributed by atoms with Crippen molar-refractivity contribution in [1.82, 2.24) is 9.80 Å². The molecule has 0 aromatic heterocycles. The highest BCUT2D eigenvalue weighted by atomic mass is 19.4. The van der Waals surface area contributed by atoms with Crippen LogP contribution in [0.1, 0.15) is 79.4 Å². The van der Waals surface area contributed by atoms with Gasteiger partial charge in [0.25, 0.3) is 0 Å². The summed E-state index contributed by atoms with van der Waals surface area (Å²) in [5.41, 5.74) is -4.26. The van der Waals surface area contributed by atoms with Gasteiger partial charge in [-0.25, -0.2) is 13.6 Å². The van der Waals surface area contributed by atoms with Crippen molar-refractivity contribution in [3.8, 4) is 5.75 Å². The molecule has 260 valence electrons. The minimum absolute atomic E-state index is 0.00168. The molecule has 12 heteroatoms. The molecule has 2 fully saturated rings. The number of halogens is 5. The lowest BCUT2D eigenvalue weighted by molar-refractivity contribution is -0.243. The van der Waals surface area contributed by atoms with Crippen LogP contribution in [0.3, 0.4) is 0 Å². The topological polar surface area (TPSA) is 68.3 Å². The van der Waals surface area contributed by atoms with Crippen LogP contribution >= 0.6 is 0 Å². The van der Waals surface area contributed by atoms with E-state index in [0.717, 1.165) is 29.0 Å². The number of hydrogen-bond acceptors (Lipinski definition) is 5. The number of carbonyl (C=O) groups is 2. The first kappa shape index (κ1) is 36.4. The quantitative estimate of drug-likeness (QED) is 0.268. The third-order valence-corrected chi connectivity index (χ3v) is 8.53. The molecule has 0 unspecified atom stereocenters. The van der Waals surface area contributed by atoms with Gasteiger partial charge in [-0.05, 0) is 95.2 Å². The zero-order chi connectivity index (χ0) is 35.1. The average molecular weight is 669 g/mol. The maximum absolute atomic E-state index is 15.3. The van der Waals surface area contributed by atoms with Gasteiger partial charge in [-0.3, -0.25) is 9.69 Å². The number of alkyl halides is 3. The summed E-state index contributed by atoms with van der Waals surface area (Å²) in [6.45, 7) is 12.4. The fourth-order valence-corrected chi connectivity index (χ4v) is 6.64. The molecular formula is C35H45F5N2O5. The molecular weight excluding hydrogens is 623 g/mol. The van der Waals surface area contributed by atoms with Crippen LogP contribution in [-0.2, 0) is 27.1 Å². The summed E-state index contributed by atoms with van der Waals surface area (Å²) in [6.07, 6.45) is -6.59. The maximum Gasteiger partial charge on any atom is 0.430 e. The molecule has 2 aromatic rings. The van der Waals surface area contributed by atoms with E-state index in [0.29, 0.717) is 18.4 Å². The SMILES string of the molecule is CC(=O)N1[C@@H](Cc2cc(F)cc(F)c2)[C@@H]([C@H]2C[C@](Oc3cccc(CCC(C)C)c3)(C(F)(F)F)CN2C(=O)OC(C)(C)C)OC1(C)C. The molecule has 2 aliphatic rings.